The number of fused-ring (bicyclic) bond motifs is 2. The Balaban J connectivity index is 1.87. The van der Waals surface area contributed by atoms with Gasteiger partial charge >= 0.3 is 5.97 Å². The third-order valence-corrected chi connectivity index (χ3v) is 5.23. The summed E-state index contributed by atoms with van der Waals surface area (Å²) in [7, 11) is 4.65. The monoisotopic (exact) mass is 408 g/mol. The number of ether oxygens (including phenoxy) is 3. The summed E-state index contributed by atoms with van der Waals surface area (Å²) < 4.78 is 22.3. The molecule has 0 amide bonds. The quantitative estimate of drug-likeness (QED) is 0.682. The minimum Gasteiger partial charge on any atom is -0.493 e. The first-order valence-electron chi connectivity index (χ1n) is 9.31. The summed E-state index contributed by atoms with van der Waals surface area (Å²) in [6.07, 6.45) is 3.05. The van der Waals surface area contributed by atoms with Crippen molar-refractivity contribution in [2.24, 2.45) is 0 Å². The van der Waals surface area contributed by atoms with E-state index in [1.54, 1.807) is 27.4 Å². The normalized spacial score (nSPS) is 14.0. The highest BCUT2D eigenvalue weighted by Gasteiger charge is 2.25. The van der Waals surface area contributed by atoms with E-state index in [4.69, 9.17) is 18.6 Å². The second kappa shape index (κ2) is 7.59. The molecule has 0 saturated heterocycles. The van der Waals surface area contributed by atoms with Crippen LogP contribution >= 0.6 is 0 Å². The summed E-state index contributed by atoms with van der Waals surface area (Å²) in [5.41, 5.74) is 2.39. The molecule has 2 aromatic carbocycles. The second-order valence-electron chi connectivity index (χ2n) is 6.85. The van der Waals surface area contributed by atoms with Crippen molar-refractivity contribution in [3.05, 3.63) is 63.0 Å². The van der Waals surface area contributed by atoms with Crippen molar-refractivity contribution in [2.75, 3.05) is 21.3 Å². The Morgan fingerprint density at radius 3 is 2.47 bits per heavy atom. The van der Waals surface area contributed by atoms with Crippen molar-refractivity contribution in [1.82, 2.24) is 0 Å². The Bertz CT molecular complexity index is 1250. The molecule has 1 N–H and O–H groups in total. The van der Waals surface area contributed by atoms with Crippen LogP contribution in [0.15, 0.2) is 39.5 Å². The fourth-order valence-electron chi connectivity index (χ4n) is 3.79. The summed E-state index contributed by atoms with van der Waals surface area (Å²) >= 11 is 0. The standard InChI is InChI=1S/C23H20O7/c1-27-18-9-5-13(21(28-2)22(18)29-3)10-12-4-7-15-19(24)16-11-14(23(25)26)6-8-17(16)30-20(12)15/h5-6,8-11H,4,7H2,1-3H3,(H,25,26). The number of carboxylic acid groups (broad SMARTS) is 1. The Hall–Kier alpha value is -3.74. The summed E-state index contributed by atoms with van der Waals surface area (Å²) in [5, 5.41) is 9.47. The van der Waals surface area contributed by atoms with Gasteiger partial charge in [-0.05, 0) is 54.8 Å². The lowest BCUT2D eigenvalue weighted by Crippen LogP contribution is -2.09. The first-order chi connectivity index (χ1) is 14.5. The molecule has 30 heavy (non-hydrogen) atoms. The predicted octanol–water partition coefficient (Wildman–Crippen LogP) is 4.00. The highest BCUT2D eigenvalue weighted by Crippen LogP contribution is 2.42. The minimum absolute atomic E-state index is 0.0542. The van der Waals surface area contributed by atoms with Gasteiger partial charge in [-0.1, -0.05) is 0 Å². The second-order valence-corrected chi connectivity index (χ2v) is 6.85. The van der Waals surface area contributed by atoms with Crippen molar-refractivity contribution in [2.45, 2.75) is 12.8 Å². The minimum atomic E-state index is -1.09. The van der Waals surface area contributed by atoms with Crippen molar-refractivity contribution in [3.8, 4) is 17.2 Å². The van der Waals surface area contributed by atoms with Crippen LogP contribution in [0.3, 0.4) is 0 Å². The van der Waals surface area contributed by atoms with Gasteiger partial charge in [-0.3, -0.25) is 4.79 Å². The molecule has 1 aliphatic rings. The third-order valence-electron chi connectivity index (χ3n) is 5.23. The largest absolute Gasteiger partial charge is 0.493 e. The van der Waals surface area contributed by atoms with Crippen LogP contribution < -0.4 is 19.6 Å². The highest BCUT2D eigenvalue weighted by molar-refractivity contribution is 5.94. The molecule has 3 aromatic rings. The van der Waals surface area contributed by atoms with Gasteiger partial charge in [-0.25, -0.2) is 4.79 Å². The van der Waals surface area contributed by atoms with Crippen molar-refractivity contribution >= 4 is 28.6 Å². The van der Waals surface area contributed by atoms with Crippen molar-refractivity contribution < 1.29 is 28.5 Å². The number of hydrogen-bond donors (Lipinski definition) is 1. The molecule has 4 rings (SSSR count). The van der Waals surface area contributed by atoms with Crippen molar-refractivity contribution in [3.63, 3.8) is 0 Å². The number of carbonyl (C=O) groups is 1. The fourth-order valence-corrected chi connectivity index (χ4v) is 3.79. The Morgan fingerprint density at radius 1 is 1.03 bits per heavy atom. The van der Waals surface area contributed by atoms with Crippen LogP contribution in [0, 0.1) is 0 Å². The lowest BCUT2D eigenvalue weighted by atomic mass is 10.1. The summed E-state index contributed by atoms with van der Waals surface area (Å²) in [6, 6.07) is 7.95. The van der Waals surface area contributed by atoms with E-state index in [1.165, 1.54) is 18.2 Å². The number of methoxy groups -OCH3 is 3. The number of aromatic carboxylic acids is 1. The molecule has 1 heterocycles. The van der Waals surface area contributed by atoms with Gasteiger partial charge in [0.05, 0.1) is 32.3 Å². The Labute approximate surface area is 172 Å². The molecule has 1 aliphatic carbocycles. The van der Waals surface area contributed by atoms with E-state index in [1.807, 2.05) is 12.1 Å². The van der Waals surface area contributed by atoms with Crippen LogP contribution in [-0.4, -0.2) is 32.4 Å². The lowest BCUT2D eigenvalue weighted by Gasteiger charge is -2.14. The number of rotatable bonds is 5. The number of allylic oxidation sites excluding steroid dienone is 1. The molecular weight excluding hydrogens is 388 g/mol. The van der Waals surface area contributed by atoms with Crippen LogP contribution in [0.5, 0.6) is 17.2 Å². The average Bonchev–Trinajstić information content (AvgIpc) is 3.15. The van der Waals surface area contributed by atoms with Gasteiger partial charge in [0, 0.05) is 11.1 Å². The first-order valence-corrected chi connectivity index (χ1v) is 9.31. The molecule has 0 atom stereocenters. The van der Waals surface area contributed by atoms with Gasteiger partial charge in [0.1, 0.15) is 11.3 Å². The Kier molecular flexibility index (Phi) is 4.95. The summed E-state index contributed by atoms with van der Waals surface area (Å²) in [6.45, 7) is 0. The third kappa shape index (κ3) is 3.08. The smallest absolute Gasteiger partial charge is 0.335 e. The predicted molar refractivity (Wildman–Crippen MR) is 112 cm³/mol. The average molecular weight is 408 g/mol. The topological polar surface area (TPSA) is 95.2 Å². The molecule has 0 spiro atoms. The zero-order chi connectivity index (χ0) is 21.4. The van der Waals surface area contributed by atoms with Crippen LogP contribution in [0.25, 0.3) is 22.6 Å². The van der Waals surface area contributed by atoms with Crippen LogP contribution in [0.4, 0.5) is 0 Å². The summed E-state index contributed by atoms with van der Waals surface area (Å²) in [5.74, 6) is 0.987. The van der Waals surface area contributed by atoms with E-state index in [0.717, 1.165) is 11.1 Å². The zero-order valence-electron chi connectivity index (χ0n) is 16.8. The fraction of sp³-hybridized carbons (Fsp3) is 0.217. The molecule has 1 aromatic heterocycles. The SMILES string of the molecule is COc1ccc(C=C2CCc3c2oc2ccc(C(=O)O)cc2c3=O)c(OC)c1OC. The van der Waals surface area contributed by atoms with Gasteiger partial charge in [-0.2, -0.15) is 0 Å². The maximum absolute atomic E-state index is 13.0. The van der Waals surface area contributed by atoms with E-state index in [9.17, 15) is 14.7 Å². The number of hydrogen-bond acceptors (Lipinski definition) is 6. The molecule has 0 radical (unpaired) electrons. The van der Waals surface area contributed by atoms with Gasteiger partial charge in [0.15, 0.2) is 16.9 Å². The molecule has 7 nitrogen and oxygen atoms in total. The zero-order valence-corrected chi connectivity index (χ0v) is 16.8. The van der Waals surface area contributed by atoms with Crippen LogP contribution in [-0.2, 0) is 6.42 Å². The molecule has 0 bridgehead atoms. The maximum Gasteiger partial charge on any atom is 0.335 e. The maximum atomic E-state index is 13.0. The highest BCUT2D eigenvalue weighted by atomic mass is 16.5. The molecule has 0 fully saturated rings. The van der Waals surface area contributed by atoms with Crippen LogP contribution in [0.2, 0.25) is 0 Å². The van der Waals surface area contributed by atoms with E-state index in [-0.39, 0.29) is 16.4 Å². The Morgan fingerprint density at radius 2 is 1.80 bits per heavy atom. The van der Waals surface area contributed by atoms with Crippen molar-refractivity contribution in [1.29, 1.82) is 0 Å². The molecule has 0 saturated carbocycles. The molecule has 0 aliphatic heterocycles. The van der Waals surface area contributed by atoms with Crippen LogP contribution in [0.1, 0.15) is 33.7 Å². The first kappa shape index (κ1) is 19.6. The van der Waals surface area contributed by atoms with Gasteiger partial charge in [0.25, 0.3) is 0 Å². The van der Waals surface area contributed by atoms with Gasteiger partial charge in [0.2, 0.25) is 5.75 Å². The number of benzene rings is 2. The molecule has 7 heteroatoms. The van der Waals surface area contributed by atoms with E-state index in [2.05, 4.69) is 0 Å². The van der Waals surface area contributed by atoms with E-state index >= 15 is 0 Å². The molecular formula is C23H20O7. The molecule has 0 unspecified atom stereocenters. The van der Waals surface area contributed by atoms with E-state index < -0.39 is 5.97 Å². The lowest BCUT2D eigenvalue weighted by molar-refractivity contribution is 0.0697. The van der Waals surface area contributed by atoms with Gasteiger partial charge < -0.3 is 23.7 Å². The van der Waals surface area contributed by atoms with Gasteiger partial charge in [-0.15, -0.1) is 0 Å². The van der Waals surface area contributed by atoms with E-state index in [0.29, 0.717) is 47.0 Å². The summed E-state index contributed by atoms with van der Waals surface area (Å²) in [4.78, 5) is 24.2. The number of carboxylic acids is 1. The molecule has 154 valence electrons.